The van der Waals surface area contributed by atoms with Gasteiger partial charge in [0.05, 0.1) is 25.3 Å². The van der Waals surface area contributed by atoms with E-state index in [1.165, 1.54) is 0 Å². The van der Waals surface area contributed by atoms with Crippen LogP contribution in [0.3, 0.4) is 0 Å². The zero-order chi connectivity index (χ0) is 11.7. The first-order valence-electron chi connectivity index (χ1n) is 6.33. The number of fused-ring (bicyclic) bond motifs is 1. The third-order valence-electron chi connectivity index (χ3n) is 3.15. The predicted molar refractivity (Wildman–Crippen MR) is 63.6 cm³/mol. The molecule has 0 amide bonds. The van der Waals surface area contributed by atoms with Gasteiger partial charge in [-0.25, -0.2) is 0 Å². The van der Waals surface area contributed by atoms with Crippen molar-refractivity contribution in [1.29, 1.82) is 0 Å². The van der Waals surface area contributed by atoms with Gasteiger partial charge in [0.25, 0.3) is 0 Å². The summed E-state index contributed by atoms with van der Waals surface area (Å²) in [6.07, 6.45) is 0.442. The second kappa shape index (κ2) is 5.00. The van der Waals surface area contributed by atoms with Crippen molar-refractivity contribution in [1.82, 2.24) is 10.6 Å². The summed E-state index contributed by atoms with van der Waals surface area (Å²) in [5.41, 5.74) is 0. The van der Waals surface area contributed by atoms with Gasteiger partial charge in [0.1, 0.15) is 12.2 Å². The fraction of sp³-hybridized carbons (Fsp3) is 1.00. The van der Waals surface area contributed by atoms with Crippen LogP contribution in [0.15, 0.2) is 0 Å². The molecule has 2 N–H and O–H groups in total. The van der Waals surface area contributed by atoms with E-state index in [-0.39, 0.29) is 12.2 Å². The largest absolute Gasteiger partial charge is 0.372 e. The summed E-state index contributed by atoms with van der Waals surface area (Å²) in [7, 11) is 0. The third kappa shape index (κ3) is 2.56. The summed E-state index contributed by atoms with van der Waals surface area (Å²) in [6.45, 7) is 10.2. The van der Waals surface area contributed by atoms with Crippen molar-refractivity contribution >= 4 is 0 Å². The molecule has 0 aliphatic carbocycles. The molecular formula is C12H24N2O2. The van der Waals surface area contributed by atoms with Crippen LogP contribution in [-0.4, -0.2) is 49.6 Å². The third-order valence-corrected chi connectivity index (χ3v) is 3.15. The Morgan fingerprint density at radius 2 is 1.19 bits per heavy atom. The van der Waals surface area contributed by atoms with Crippen LogP contribution in [-0.2, 0) is 9.47 Å². The number of rotatable bonds is 4. The molecule has 0 unspecified atom stereocenters. The molecule has 94 valence electrons. The lowest BCUT2D eigenvalue weighted by atomic mass is 10.1. The van der Waals surface area contributed by atoms with E-state index in [1.807, 2.05) is 0 Å². The quantitative estimate of drug-likeness (QED) is 0.736. The van der Waals surface area contributed by atoms with Gasteiger partial charge in [0.2, 0.25) is 0 Å². The molecule has 0 bridgehead atoms. The molecule has 0 spiro atoms. The maximum Gasteiger partial charge on any atom is 0.103 e. The summed E-state index contributed by atoms with van der Waals surface area (Å²) in [6, 6.07) is 1.66. The van der Waals surface area contributed by atoms with Crippen LogP contribution in [0.25, 0.3) is 0 Å². The van der Waals surface area contributed by atoms with Crippen LogP contribution in [0.5, 0.6) is 0 Å². The van der Waals surface area contributed by atoms with E-state index in [1.54, 1.807) is 0 Å². The first-order chi connectivity index (χ1) is 7.58. The lowest BCUT2D eigenvalue weighted by Crippen LogP contribution is -2.46. The van der Waals surface area contributed by atoms with Gasteiger partial charge in [-0.1, -0.05) is 27.7 Å². The lowest BCUT2D eigenvalue weighted by Gasteiger charge is -2.20. The molecule has 2 rings (SSSR count). The SMILES string of the molecule is CC(C)N[C@H]1CO[C@H]2[C@@H]1OC[C@@H]2NC(C)C. The van der Waals surface area contributed by atoms with Crippen molar-refractivity contribution in [3.05, 3.63) is 0 Å². The second-order valence-electron chi connectivity index (χ2n) is 5.45. The van der Waals surface area contributed by atoms with Crippen molar-refractivity contribution in [2.75, 3.05) is 13.2 Å². The highest BCUT2D eigenvalue weighted by Gasteiger charge is 2.47. The Kier molecular flexibility index (Phi) is 3.85. The highest BCUT2D eigenvalue weighted by atomic mass is 16.6. The molecule has 2 fully saturated rings. The van der Waals surface area contributed by atoms with E-state index in [4.69, 9.17) is 9.47 Å². The molecule has 4 atom stereocenters. The zero-order valence-corrected chi connectivity index (χ0v) is 10.7. The molecule has 0 radical (unpaired) electrons. The first kappa shape index (κ1) is 12.3. The van der Waals surface area contributed by atoms with Crippen molar-refractivity contribution in [3.63, 3.8) is 0 Å². The average molecular weight is 228 g/mol. The van der Waals surface area contributed by atoms with Crippen LogP contribution in [0, 0.1) is 0 Å². The molecule has 4 nitrogen and oxygen atoms in total. The van der Waals surface area contributed by atoms with Crippen LogP contribution in [0.2, 0.25) is 0 Å². The minimum atomic E-state index is 0.221. The average Bonchev–Trinajstić information content (AvgIpc) is 2.70. The fourth-order valence-corrected chi connectivity index (χ4v) is 2.64. The Hall–Kier alpha value is -0.160. The molecule has 2 saturated heterocycles. The first-order valence-corrected chi connectivity index (χ1v) is 6.33. The molecular weight excluding hydrogens is 204 g/mol. The summed E-state index contributed by atoms with van der Waals surface area (Å²) in [5, 5.41) is 7.02. The Morgan fingerprint density at radius 1 is 0.812 bits per heavy atom. The van der Waals surface area contributed by atoms with Gasteiger partial charge in [0, 0.05) is 12.1 Å². The normalized spacial score (nSPS) is 38.6. The van der Waals surface area contributed by atoms with Gasteiger partial charge < -0.3 is 20.1 Å². The van der Waals surface area contributed by atoms with Crippen molar-refractivity contribution in [2.24, 2.45) is 0 Å². The molecule has 0 aromatic rings. The number of hydrogen-bond acceptors (Lipinski definition) is 4. The highest BCUT2D eigenvalue weighted by Crippen LogP contribution is 2.27. The van der Waals surface area contributed by atoms with E-state index < -0.39 is 0 Å². The molecule has 16 heavy (non-hydrogen) atoms. The minimum absolute atomic E-state index is 0.221. The topological polar surface area (TPSA) is 42.5 Å². The van der Waals surface area contributed by atoms with Crippen molar-refractivity contribution in [3.8, 4) is 0 Å². The predicted octanol–water partition coefficient (Wildman–Crippen LogP) is 0.517. The number of nitrogens with one attached hydrogen (secondary N) is 2. The Bertz CT molecular complexity index is 209. The smallest absolute Gasteiger partial charge is 0.103 e. The van der Waals surface area contributed by atoms with Crippen LogP contribution in [0.4, 0.5) is 0 Å². The Balaban J connectivity index is 1.90. The summed E-state index contributed by atoms with van der Waals surface area (Å²) >= 11 is 0. The fourth-order valence-electron chi connectivity index (χ4n) is 2.64. The lowest BCUT2D eigenvalue weighted by molar-refractivity contribution is 0.0647. The maximum absolute atomic E-state index is 5.85. The van der Waals surface area contributed by atoms with E-state index in [0.29, 0.717) is 24.2 Å². The van der Waals surface area contributed by atoms with Crippen LogP contribution >= 0.6 is 0 Å². The molecule has 0 aromatic heterocycles. The minimum Gasteiger partial charge on any atom is -0.372 e. The van der Waals surface area contributed by atoms with Gasteiger partial charge in [-0.15, -0.1) is 0 Å². The van der Waals surface area contributed by atoms with Crippen molar-refractivity contribution < 1.29 is 9.47 Å². The van der Waals surface area contributed by atoms with Crippen LogP contribution in [0.1, 0.15) is 27.7 Å². The molecule has 2 heterocycles. The summed E-state index contributed by atoms with van der Waals surface area (Å²) < 4.78 is 11.7. The standard InChI is InChI=1S/C12H24N2O2/c1-7(2)13-9-5-15-12-10(14-8(3)4)6-16-11(9)12/h7-14H,5-6H2,1-4H3/t9-,10-,11+,12+/m0/s1. The van der Waals surface area contributed by atoms with E-state index >= 15 is 0 Å². The Morgan fingerprint density at radius 3 is 1.50 bits per heavy atom. The van der Waals surface area contributed by atoms with Crippen molar-refractivity contribution in [2.45, 2.75) is 64.1 Å². The number of ether oxygens (including phenoxy) is 2. The monoisotopic (exact) mass is 228 g/mol. The van der Waals surface area contributed by atoms with E-state index in [0.717, 1.165) is 13.2 Å². The molecule has 0 aromatic carbocycles. The Labute approximate surface area is 98.1 Å². The second-order valence-corrected chi connectivity index (χ2v) is 5.45. The summed E-state index contributed by atoms with van der Waals surface area (Å²) in [4.78, 5) is 0. The highest BCUT2D eigenvalue weighted by molar-refractivity contribution is 5.01. The molecule has 2 aliphatic rings. The molecule has 0 saturated carbocycles. The summed E-state index contributed by atoms with van der Waals surface area (Å²) in [5.74, 6) is 0. The van der Waals surface area contributed by atoms with Crippen LogP contribution < -0.4 is 10.6 Å². The molecule has 2 aliphatic heterocycles. The van der Waals surface area contributed by atoms with E-state index in [9.17, 15) is 0 Å². The van der Waals surface area contributed by atoms with Gasteiger partial charge >= 0.3 is 0 Å². The van der Waals surface area contributed by atoms with E-state index in [2.05, 4.69) is 38.3 Å². The molecule has 4 heteroatoms. The van der Waals surface area contributed by atoms with Gasteiger partial charge in [-0.05, 0) is 0 Å². The van der Waals surface area contributed by atoms with Gasteiger partial charge in [0.15, 0.2) is 0 Å². The van der Waals surface area contributed by atoms with Gasteiger partial charge in [-0.3, -0.25) is 0 Å². The number of hydrogen-bond donors (Lipinski definition) is 2. The van der Waals surface area contributed by atoms with Gasteiger partial charge in [-0.2, -0.15) is 0 Å². The zero-order valence-electron chi connectivity index (χ0n) is 10.7. The maximum atomic E-state index is 5.85.